The van der Waals surface area contributed by atoms with Crippen molar-refractivity contribution in [2.75, 3.05) is 0 Å². The summed E-state index contributed by atoms with van der Waals surface area (Å²) in [5.41, 5.74) is 6.29. The van der Waals surface area contributed by atoms with Gasteiger partial charge in [-0.15, -0.1) is 22.7 Å². The van der Waals surface area contributed by atoms with Gasteiger partial charge in [-0.2, -0.15) is 0 Å². The van der Waals surface area contributed by atoms with Gasteiger partial charge in [0.2, 0.25) is 0 Å². The molecule has 0 amide bonds. The molecule has 0 radical (unpaired) electrons. The quantitative estimate of drug-likeness (QED) is 0.264. The summed E-state index contributed by atoms with van der Waals surface area (Å²) in [6.07, 6.45) is 4.84. The molecule has 0 saturated carbocycles. The van der Waals surface area contributed by atoms with Crippen molar-refractivity contribution >= 4 is 55.8 Å². The van der Waals surface area contributed by atoms with Gasteiger partial charge in [-0.05, 0) is 24.3 Å². The lowest BCUT2D eigenvalue weighted by Gasteiger charge is -2.08. The number of fused-ring (bicyclic) bond motifs is 2. The molecule has 0 atom stereocenters. The van der Waals surface area contributed by atoms with E-state index in [1.165, 1.54) is 0 Å². The highest BCUT2D eigenvalue weighted by molar-refractivity contribution is 7.15. The maximum atomic E-state index is 6.12. The van der Waals surface area contributed by atoms with Gasteiger partial charge in [0.15, 0.2) is 9.92 Å². The molecule has 0 bridgehead atoms. The molecule has 0 aliphatic carbocycles. The lowest BCUT2D eigenvalue weighted by atomic mass is 10.0. The van der Waals surface area contributed by atoms with Crippen LogP contribution in [-0.2, 0) is 6.42 Å². The zero-order chi connectivity index (χ0) is 20.9. The van der Waals surface area contributed by atoms with Crippen molar-refractivity contribution in [3.63, 3.8) is 0 Å². The molecule has 0 N–H and O–H groups in total. The van der Waals surface area contributed by atoms with Crippen LogP contribution in [0.3, 0.4) is 0 Å². The van der Waals surface area contributed by atoms with Gasteiger partial charge in [0.25, 0.3) is 0 Å². The zero-order valence-electron chi connectivity index (χ0n) is 16.0. The van der Waals surface area contributed by atoms with Gasteiger partial charge in [-0.1, -0.05) is 47.5 Å². The first-order valence-electron chi connectivity index (χ1n) is 9.58. The van der Waals surface area contributed by atoms with Gasteiger partial charge in [0.05, 0.1) is 22.8 Å². The van der Waals surface area contributed by atoms with Gasteiger partial charge >= 0.3 is 0 Å². The third-order valence-electron chi connectivity index (χ3n) is 5.29. The molecule has 2 aromatic carbocycles. The minimum absolute atomic E-state index is 0.686. The highest BCUT2D eigenvalue weighted by atomic mass is 35.5. The van der Waals surface area contributed by atoms with Crippen LogP contribution in [0.4, 0.5) is 0 Å². The number of benzene rings is 2. The highest BCUT2D eigenvalue weighted by Gasteiger charge is 2.21. The molecule has 6 aromatic rings. The van der Waals surface area contributed by atoms with Crippen molar-refractivity contribution in [1.29, 1.82) is 0 Å². The Balaban J connectivity index is 1.55. The van der Waals surface area contributed by atoms with Crippen LogP contribution in [0.25, 0.3) is 32.4 Å². The van der Waals surface area contributed by atoms with Crippen molar-refractivity contribution in [2.45, 2.75) is 6.42 Å². The standard InChI is InChI=1S/C23H14Cl2N4S2/c24-16-5-1-14(2-6-16)20-18(28-9-11-30-22(28)26-20)13-19-21(15-3-7-17(25)8-4-15)27-23-29(19)10-12-31-23/h1-12H,13H2. The molecule has 0 aliphatic heterocycles. The predicted octanol–water partition coefficient (Wildman–Crippen LogP) is 7.34. The summed E-state index contributed by atoms with van der Waals surface area (Å²) < 4.78 is 4.35. The van der Waals surface area contributed by atoms with Crippen LogP contribution in [0.1, 0.15) is 11.4 Å². The Bertz CT molecular complexity index is 1410. The summed E-state index contributed by atoms with van der Waals surface area (Å²) in [6, 6.07) is 15.7. The molecule has 6 rings (SSSR count). The topological polar surface area (TPSA) is 34.6 Å². The van der Waals surface area contributed by atoms with E-state index in [0.717, 1.165) is 43.8 Å². The molecule has 8 heteroatoms. The maximum Gasteiger partial charge on any atom is 0.194 e. The molecular weight excluding hydrogens is 467 g/mol. The Morgan fingerprint density at radius 1 is 0.645 bits per heavy atom. The van der Waals surface area contributed by atoms with E-state index in [4.69, 9.17) is 33.2 Å². The average Bonchev–Trinajstić information content (AvgIpc) is 3.53. The van der Waals surface area contributed by atoms with Crippen molar-refractivity contribution in [3.05, 3.63) is 93.1 Å². The van der Waals surface area contributed by atoms with Crippen molar-refractivity contribution in [3.8, 4) is 22.5 Å². The van der Waals surface area contributed by atoms with E-state index in [1.54, 1.807) is 22.7 Å². The first kappa shape index (κ1) is 19.1. The van der Waals surface area contributed by atoms with Gasteiger partial charge in [0, 0.05) is 50.7 Å². The largest absolute Gasteiger partial charge is 0.294 e. The molecular formula is C23H14Cl2N4S2. The molecule has 4 nitrogen and oxygen atoms in total. The van der Waals surface area contributed by atoms with E-state index in [1.807, 2.05) is 48.5 Å². The molecule has 0 saturated heterocycles. The summed E-state index contributed by atoms with van der Waals surface area (Å²) in [4.78, 5) is 11.8. The molecule has 4 aromatic heterocycles. The second-order valence-corrected chi connectivity index (χ2v) is 9.73. The number of nitrogens with zero attached hydrogens (tertiary/aromatic N) is 4. The summed E-state index contributed by atoms with van der Waals surface area (Å²) in [5, 5.41) is 5.56. The second-order valence-electron chi connectivity index (χ2n) is 7.12. The van der Waals surface area contributed by atoms with E-state index < -0.39 is 0 Å². The lowest BCUT2D eigenvalue weighted by Crippen LogP contribution is -2.00. The van der Waals surface area contributed by atoms with Gasteiger partial charge in [-0.3, -0.25) is 8.80 Å². The van der Waals surface area contributed by atoms with E-state index in [-0.39, 0.29) is 0 Å². The summed E-state index contributed by atoms with van der Waals surface area (Å²) >= 11 is 15.5. The summed E-state index contributed by atoms with van der Waals surface area (Å²) in [6.45, 7) is 0. The fraction of sp³-hybridized carbons (Fsp3) is 0.0435. The third-order valence-corrected chi connectivity index (χ3v) is 7.31. The highest BCUT2D eigenvalue weighted by Crippen LogP contribution is 2.33. The van der Waals surface area contributed by atoms with E-state index in [9.17, 15) is 0 Å². The van der Waals surface area contributed by atoms with Gasteiger partial charge in [0.1, 0.15) is 0 Å². The molecule has 152 valence electrons. The SMILES string of the molecule is Clc1ccc(-c2nc3sccn3c2Cc2c(-c3ccc(Cl)cc3)nc3sccn23)cc1. The Hall–Kier alpha value is -2.64. The van der Waals surface area contributed by atoms with Gasteiger partial charge in [-0.25, -0.2) is 9.97 Å². The molecule has 0 unspecified atom stereocenters. The Morgan fingerprint density at radius 2 is 1.06 bits per heavy atom. The molecule has 0 spiro atoms. The fourth-order valence-corrected chi connectivity index (χ4v) is 5.56. The molecule has 4 heterocycles. The molecule has 31 heavy (non-hydrogen) atoms. The number of hydrogen-bond acceptors (Lipinski definition) is 4. The van der Waals surface area contributed by atoms with Crippen LogP contribution in [0.2, 0.25) is 10.0 Å². The average molecular weight is 481 g/mol. The van der Waals surface area contributed by atoms with Crippen molar-refractivity contribution < 1.29 is 0 Å². The number of halogens is 2. The summed E-state index contributed by atoms with van der Waals surface area (Å²) in [7, 11) is 0. The van der Waals surface area contributed by atoms with Crippen LogP contribution in [0.5, 0.6) is 0 Å². The van der Waals surface area contributed by atoms with Crippen LogP contribution in [0.15, 0.2) is 71.7 Å². The third kappa shape index (κ3) is 3.27. The Kier molecular flexibility index (Phi) is 4.61. The number of imidazole rings is 2. The summed E-state index contributed by atoms with van der Waals surface area (Å²) in [5.74, 6) is 0. The number of aromatic nitrogens is 4. The predicted molar refractivity (Wildman–Crippen MR) is 130 cm³/mol. The Morgan fingerprint density at radius 3 is 1.48 bits per heavy atom. The number of thiazole rings is 2. The number of hydrogen-bond donors (Lipinski definition) is 0. The van der Waals surface area contributed by atoms with Crippen LogP contribution >= 0.6 is 45.9 Å². The minimum atomic E-state index is 0.686. The first-order valence-corrected chi connectivity index (χ1v) is 12.1. The Labute approximate surface area is 196 Å². The first-order chi connectivity index (χ1) is 15.2. The lowest BCUT2D eigenvalue weighted by molar-refractivity contribution is 0.977. The molecule has 0 aliphatic rings. The van der Waals surface area contributed by atoms with Crippen molar-refractivity contribution in [1.82, 2.24) is 18.8 Å². The van der Waals surface area contributed by atoms with Gasteiger partial charge < -0.3 is 0 Å². The normalized spacial score (nSPS) is 11.7. The van der Waals surface area contributed by atoms with Crippen LogP contribution in [0, 0.1) is 0 Å². The van der Waals surface area contributed by atoms with Crippen LogP contribution in [-0.4, -0.2) is 18.8 Å². The zero-order valence-corrected chi connectivity index (χ0v) is 19.1. The van der Waals surface area contributed by atoms with E-state index >= 15 is 0 Å². The van der Waals surface area contributed by atoms with Crippen molar-refractivity contribution in [2.24, 2.45) is 0 Å². The fourth-order valence-electron chi connectivity index (χ4n) is 3.84. The van der Waals surface area contributed by atoms with Crippen LogP contribution < -0.4 is 0 Å². The number of rotatable bonds is 4. The van der Waals surface area contributed by atoms with E-state index in [0.29, 0.717) is 16.5 Å². The second kappa shape index (κ2) is 7.50. The minimum Gasteiger partial charge on any atom is -0.294 e. The maximum absolute atomic E-state index is 6.12. The monoisotopic (exact) mass is 480 g/mol. The van der Waals surface area contributed by atoms with E-state index in [2.05, 4.69) is 32.0 Å². The molecule has 0 fully saturated rings. The smallest absolute Gasteiger partial charge is 0.194 e.